The molecule has 0 fully saturated rings. The van der Waals surface area contributed by atoms with E-state index < -0.39 is 0 Å². The van der Waals surface area contributed by atoms with Gasteiger partial charge in [0.05, 0.1) is 23.4 Å². The molecule has 1 N–H and O–H groups in total. The first-order valence-electron chi connectivity index (χ1n) is 8.42. The minimum absolute atomic E-state index is 0.0877. The first-order valence-corrected chi connectivity index (χ1v) is 8.42. The van der Waals surface area contributed by atoms with E-state index in [2.05, 4.69) is 15.3 Å². The second kappa shape index (κ2) is 8.20. The number of amides is 2. The van der Waals surface area contributed by atoms with Crippen molar-refractivity contribution in [3.05, 3.63) is 66.6 Å². The van der Waals surface area contributed by atoms with E-state index in [1.807, 2.05) is 48.5 Å². The Morgan fingerprint density at radius 2 is 1.81 bits per heavy atom. The van der Waals surface area contributed by atoms with Gasteiger partial charge in [-0.25, -0.2) is 0 Å². The fourth-order valence-electron chi connectivity index (χ4n) is 2.69. The van der Waals surface area contributed by atoms with E-state index in [-0.39, 0.29) is 18.2 Å². The van der Waals surface area contributed by atoms with E-state index in [0.717, 1.165) is 16.6 Å². The SMILES string of the molecule is CC(=O)N(CCC(=O)Nc1cccc2cccnc12)Cc1ccccn1. The van der Waals surface area contributed by atoms with Gasteiger partial charge >= 0.3 is 0 Å². The Hall–Kier alpha value is -3.28. The molecular weight excluding hydrogens is 328 g/mol. The predicted octanol–water partition coefficient (Wildman–Crippen LogP) is 3.01. The zero-order valence-electron chi connectivity index (χ0n) is 14.6. The Labute approximate surface area is 151 Å². The van der Waals surface area contributed by atoms with E-state index in [9.17, 15) is 9.59 Å². The summed E-state index contributed by atoms with van der Waals surface area (Å²) in [6.45, 7) is 2.21. The number of rotatable bonds is 6. The fraction of sp³-hybridized carbons (Fsp3) is 0.200. The molecule has 0 radical (unpaired) electrons. The molecule has 1 aromatic carbocycles. The Kier molecular flexibility index (Phi) is 5.53. The minimum atomic E-state index is -0.157. The summed E-state index contributed by atoms with van der Waals surface area (Å²) in [5, 5.41) is 3.85. The molecule has 3 rings (SSSR count). The van der Waals surface area contributed by atoms with Gasteiger partial charge in [-0.1, -0.05) is 24.3 Å². The molecule has 0 bridgehead atoms. The van der Waals surface area contributed by atoms with Gasteiger partial charge in [0.15, 0.2) is 0 Å². The maximum Gasteiger partial charge on any atom is 0.226 e. The summed E-state index contributed by atoms with van der Waals surface area (Å²) in [5.74, 6) is -0.245. The number of para-hydroxylation sites is 1. The first kappa shape index (κ1) is 17.5. The van der Waals surface area contributed by atoms with Crippen LogP contribution in [0, 0.1) is 0 Å². The zero-order chi connectivity index (χ0) is 18.4. The van der Waals surface area contributed by atoms with Crippen LogP contribution in [0.1, 0.15) is 19.0 Å². The number of carbonyl (C=O) groups is 2. The largest absolute Gasteiger partial charge is 0.337 e. The summed E-state index contributed by atoms with van der Waals surface area (Å²) in [6, 6.07) is 15.0. The molecule has 132 valence electrons. The molecule has 0 saturated heterocycles. The lowest BCUT2D eigenvalue weighted by atomic mass is 10.2. The fourth-order valence-corrected chi connectivity index (χ4v) is 2.69. The van der Waals surface area contributed by atoms with Crippen LogP contribution in [-0.4, -0.2) is 33.2 Å². The first-order chi connectivity index (χ1) is 12.6. The van der Waals surface area contributed by atoms with Gasteiger partial charge in [0.2, 0.25) is 11.8 Å². The Balaban J connectivity index is 1.62. The van der Waals surface area contributed by atoms with Gasteiger partial charge in [0.1, 0.15) is 0 Å². The van der Waals surface area contributed by atoms with Gasteiger partial charge in [0.25, 0.3) is 0 Å². The molecule has 0 spiro atoms. The van der Waals surface area contributed by atoms with Gasteiger partial charge in [-0.05, 0) is 24.3 Å². The normalized spacial score (nSPS) is 10.5. The third kappa shape index (κ3) is 4.42. The minimum Gasteiger partial charge on any atom is -0.337 e. The average molecular weight is 348 g/mol. The number of carbonyl (C=O) groups excluding carboxylic acids is 2. The molecule has 2 heterocycles. The number of nitrogens with zero attached hydrogens (tertiary/aromatic N) is 3. The van der Waals surface area contributed by atoms with Gasteiger partial charge in [-0.15, -0.1) is 0 Å². The maximum absolute atomic E-state index is 12.3. The Morgan fingerprint density at radius 1 is 1.00 bits per heavy atom. The molecule has 0 aliphatic carbocycles. The van der Waals surface area contributed by atoms with Crippen molar-refractivity contribution >= 4 is 28.4 Å². The van der Waals surface area contributed by atoms with Crippen LogP contribution in [0.2, 0.25) is 0 Å². The summed E-state index contributed by atoms with van der Waals surface area (Å²) in [6.07, 6.45) is 3.59. The van der Waals surface area contributed by atoms with Gasteiger partial charge in [0, 0.05) is 37.7 Å². The van der Waals surface area contributed by atoms with Crippen molar-refractivity contribution in [2.75, 3.05) is 11.9 Å². The van der Waals surface area contributed by atoms with Crippen molar-refractivity contribution < 1.29 is 9.59 Å². The highest BCUT2D eigenvalue weighted by atomic mass is 16.2. The molecule has 0 saturated carbocycles. The highest BCUT2D eigenvalue weighted by Gasteiger charge is 2.13. The zero-order valence-corrected chi connectivity index (χ0v) is 14.6. The number of aromatic nitrogens is 2. The highest BCUT2D eigenvalue weighted by molar-refractivity contribution is 6.00. The summed E-state index contributed by atoms with van der Waals surface area (Å²) in [5.41, 5.74) is 2.22. The molecule has 0 atom stereocenters. The van der Waals surface area contributed by atoms with Crippen LogP contribution in [0.15, 0.2) is 60.9 Å². The number of hydrogen-bond donors (Lipinski definition) is 1. The predicted molar refractivity (Wildman–Crippen MR) is 100 cm³/mol. The van der Waals surface area contributed by atoms with E-state index >= 15 is 0 Å². The van der Waals surface area contributed by atoms with Crippen LogP contribution in [0.5, 0.6) is 0 Å². The second-order valence-electron chi connectivity index (χ2n) is 5.94. The lowest BCUT2D eigenvalue weighted by Crippen LogP contribution is -2.31. The van der Waals surface area contributed by atoms with Crippen LogP contribution in [0.25, 0.3) is 10.9 Å². The quantitative estimate of drug-likeness (QED) is 0.743. The number of fused-ring (bicyclic) bond motifs is 1. The Morgan fingerprint density at radius 3 is 2.58 bits per heavy atom. The van der Waals surface area contributed by atoms with Crippen LogP contribution in [0.3, 0.4) is 0 Å². The molecule has 0 unspecified atom stereocenters. The maximum atomic E-state index is 12.3. The Bertz CT molecular complexity index is 907. The van der Waals surface area contributed by atoms with Crippen LogP contribution in [-0.2, 0) is 16.1 Å². The molecule has 26 heavy (non-hydrogen) atoms. The third-order valence-corrected chi connectivity index (χ3v) is 4.04. The lowest BCUT2D eigenvalue weighted by Gasteiger charge is -2.20. The molecular formula is C20H20N4O2. The van der Waals surface area contributed by atoms with Crippen LogP contribution in [0.4, 0.5) is 5.69 Å². The topological polar surface area (TPSA) is 75.2 Å². The van der Waals surface area contributed by atoms with Crippen molar-refractivity contribution in [3.63, 3.8) is 0 Å². The van der Waals surface area contributed by atoms with E-state index in [1.165, 1.54) is 6.92 Å². The third-order valence-electron chi connectivity index (χ3n) is 4.04. The van der Waals surface area contributed by atoms with Crippen LogP contribution >= 0.6 is 0 Å². The second-order valence-corrected chi connectivity index (χ2v) is 5.94. The average Bonchev–Trinajstić information content (AvgIpc) is 2.66. The van der Waals surface area contributed by atoms with Crippen molar-refractivity contribution in [3.8, 4) is 0 Å². The molecule has 6 nitrogen and oxygen atoms in total. The van der Waals surface area contributed by atoms with Gasteiger partial charge < -0.3 is 10.2 Å². The summed E-state index contributed by atoms with van der Waals surface area (Å²) >= 11 is 0. The number of pyridine rings is 2. The van der Waals surface area contributed by atoms with Crippen molar-refractivity contribution in [1.29, 1.82) is 0 Å². The molecule has 2 amide bonds. The molecule has 2 aromatic heterocycles. The summed E-state index contributed by atoms with van der Waals surface area (Å²) in [4.78, 5) is 34.4. The number of nitrogens with one attached hydrogen (secondary N) is 1. The molecule has 0 aliphatic heterocycles. The van der Waals surface area contributed by atoms with E-state index in [0.29, 0.717) is 18.8 Å². The number of anilines is 1. The standard InChI is InChI=1S/C20H20N4O2/c1-15(25)24(14-17-8-2-3-11-21-17)13-10-19(26)23-18-9-4-6-16-7-5-12-22-20(16)18/h2-9,11-12H,10,13-14H2,1H3,(H,23,26). The van der Waals surface area contributed by atoms with Crippen molar-refractivity contribution in [2.24, 2.45) is 0 Å². The highest BCUT2D eigenvalue weighted by Crippen LogP contribution is 2.20. The van der Waals surface area contributed by atoms with Gasteiger partial charge in [-0.3, -0.25) is 19.6 Å². The van der Waals surface area contributed by atoms with E-state index in [1.54, 1.807) is 17.3 Å². The van der Waals surface area contributed by atoms with Crippen LogP contribution < -0.4 is 5.32 Å². The number of benzene rings is 1. The lowest BCUT2D eigenvalue weighted by molar-refractivity contribution is -0.130. The van der Waals surface area contributed by atoms with E-state index in [4.69, 9.17) is 0 Å². The van der Waals surface area contributed by atoms with Gasteiger partial charge in [-0.2, -0.15) is 0 Å². The monoisotopic (exact) mass is 348 g/mol. The molecule has 6 heteroatoms. The molecule has 3 aromatic rings. The number of hydrogen-bond acceptors (Lipinski definition) is 4. The summed E-state index contributed by atoms with van der Waals surface area (Å²) < 4.78 is 0. The van der Waals surface area contributed by atoms with Crippen molar-refractivity contribution in [2.45, 2.75) is 19.9 Å². The van der Waals surface area contributed by atoms with Crippen molar-refractivity contribution in [1.82, 2.24) is 14.9 Å². The summed E-state index contributed by atoms with van der Waals surface area (Å²) in [7, 11) is 0. The molecule has 0 aliphatic rings. The smallest absolute Gasteiger partial charge is 0.226 e.